The second kappa shape index (κ2) is 9.88. The number of carbonyl (C=O) groups excluding carboxylic acids is 2. The van der Waals surface area contributed by atoms with Crippen molar-refractivity contribution in [2.45, 2.75) is 33.4 Å². The predicted octanol–water partition coefficient (Wildman–Crippen LogP) is 2.27. The molecule has 0 radical (unpaired) electrons. The van der Waals surface area contributed by atoms with Crippen molar-refractivity contribution in [1.82, 2.24) is 14.7 Å². The average Bonchev–Trinajstić information content (AvgIpc) is 2.75. The number of amides is 1. The fourth-order valence-corrected chi connectivity index (χ4v) is 3.00. The topological polar surface area (TPSA) is 99.0 Å². The van der Waals surface area contributed by atoms with Crippen molar-refractivity contribution in [1.29, 1.82) is 0 Å². The summed E-state index contributed by atoms with van der Waals surface area (Å²) >= 11 is 0. The lowest BCUT2D eigenvalue weighted by molar-refractivity contribution is -0.150. The number of hydrogen-bond donors (Lipinski definition) is 1. The van der Waals surface area contributed by atoms with Crippen molar-refractivity contribution in [3.05, 3.63) is 76.3 Å². The third-order valence-corrected chi connectivity index (χ3v) is 4.65. The number of nitrogens with one attached hydrogen (secondary N) is 1. The second-order valence-electron chi connectivity index (χ2n) is 7.47. The summed E-state index contributed by atoms with van der Waals surface area (Å²) < 4.78 is 12.2. The van der Waals surface area contributed by atoms with Crippen molar-refractivity contribution in [2.75, 3.05) is 6.61 Å². The van der Waals surface area contributed by atoms with E-state index < -0.39 is 17.9 Å². The number of para-hydroxylation sites is 1. The van der Waals surface area contributed by atoms with Gasteiger partial charge in [-0.15, -0.1) is 0 Å². The molecule has 1 N–H and O–H groups in total. The van der Waals surface area contributed by atoms with E-state index in [4.69, 9.17) is 9.47 Å². The molecule has 0 saturated carbocycles. The van der Waals surface area contributed by atoms with Gasteiger partial charge in [-0.2, -0.15) is 0 Å². The average molecular weight is 423 g/mol. The van der Waals surface area contributed by atoms with E-state index in [1.807, 2.05) is 19.1 Å². The first-order valence-corrected chi connectivity index (χ1v) is 9.97. The molecule has 1 aromatic carbocycles. The Kier molecular flexibility index (Phi) is 7.02. The Balaban J connectivity index is 1.61. The highest BCUT2D eigenvalue weighted by molar-refractivity contribution is 5.85. The first-order chi connectivity index (χ1) is 14.8. The number of pyridine rings is 1. The van der Waals surface area contributed by atoms with Gasteiger partial charge < -0.3 is 14.8 Å². The van der Waals surface area contributed by atoms with Crippen LogP contribution in [-0.4, -0.2) is 33.9 Å². The summed E-state index contributed by atoms with van der Waals surface area (Å²) in [6.45, 7) is 5.06. The highest BCUT2D eigenvalue weighted by atomic mass is 16.5. The zero-order chi connectivity index (χ0) is 22.4. The summed E-state index contributed by atoms with van der Waals surface area (Å²) in [6, 6.07) is 13.0. The fourth-order valence-electron chi connectivity index (χ4n) is 3.00. The van der Waals surface area contributed by atoms with Crippen LogP contribution in [0.3, 0.4) is 0 Å². The fraction of sp³-hybridized carbons (Fsp3) is 0.304. The lowest BCUT2D eigenvalue weighted by Crippen LogP contribution is -2.46. The Morgan fingerprint density at radius 2 is 1.87 bits per heavy atom. The molecule has 0 aliphatic rings. The van der Waals surface area contributed by atoms with Crippen LogP contribution >= 0.6 is 0 Å². The highest BCUT2D eigenvalue weighted by Gasteiger charge is 2.26. The highest BCUT2D eigenvalue weighted by Crippen LogP contribution is 2.10. The third-order valence-electron chi connectivity index (χ3n) is 4.65. The number of fused-ring (bicyclic) bond motifs is 1. The molecule has 0 spiro atoms. The SMILES string of the molecule is Cc1cccn2c(=O)cc(COC(=O)[C@@H](NC(=O)COc3ccccc3)C(C)C)nc12. The van der Waals surface area contributed by atoms with Crippen LogP contribution in [0, 0.1) is 12.8 Å². The molecule has 3 aromatic rings. The van der Waals surface area contributed by atoms with Crippen LogP contribution in [0.15, 0.2) is 59.5 Å². The van der Waals surface area contributed by atoms with Gasteiger partial charge >= 0.3 is 5.97 Å². The Hall–Kier alpha value is -3.68. The van der Waals surface area contributed by atoms with Gasteiger partial charge in [-0.05, 0) is 36.6 Å². The molecule has 0 fully saturated rings. The molecule has 2 heterocycles. The van der Waals surface area contributed by atoms with Crippen LogP contribution in [0.4, 0.5) is 0 Å². The molecule has 2 aromatic heterocycles. The number of carbonyl (C=O) groups is 2. The summed E-state index contributed by atoms with van der Waals surface area (Å²) in [5, 5.41) is 2.65. The van der Waals surface area contributed by atoms with Gasteiger partial charge in [-0.1, -0.05) is 38.1 Å². The second-order valence-corrected chi connectivity index (χ2v) is 7.47. The minimum Gasteiger partial charge on any atom is -0.484 e. The Labute approximate surface area is 179 Å². The molecule has 3 rings (SSSR count). The number of nitrogens with zero attached hydrogens (tertiary/aromatic N) is 2. The predicted molar refractivity (Wildman–Crippen MR) is 115 cm³/mol. The van der Waals surface area contributed by atoms with Crippen molar-refractivity contribution < 1.29 is 19.1 Å². The minimum absolute atomic E-state index is 0.168. The van der Waals surface area contributed by atoms with Crippen molar-refractivity contribution in [3.63, 3.8) is 0 Å². The standard InChI is InChI=1S/C23H25N3O5/c1-15(2)21(25-19(27)14-30-18-9-5-4-6-10-18)23(29)31-13-17-12-20(28)26-11-7-8-16(3)22(26)24-17/h4-12,15,21H,13-14H2,1-3H3,(H,25,27)/t21-/m0/s1. The smallest absolute Gasteiger partial charge is 0.329 e. The summed E-state index contributed by atoms with van der Waals surface area (Å²) in [7, 11) is 0. The Morgan fingerprint density at radius 1 is 1.13 bits per heavy atom. The van der Waals surface area contributed by atoms with Crippen LogP contribution in [0.5, 0.6) is 5.75 Å². The Morgan fingerprint density at radius 3 is 2.58 bits per heavy atom. The van der Waals surface area contributed by atoms with Gasteiger partial charge in [0.2, 0.25) is 0 Å². The van der Waals surface area contributed by atoms with E-state index >= 15 is 0 Å². The van der Waals surface area contributed by atoms with E-state index in [2.05, 4.69) is 10.3 Å². The normalized spacial score (nSPS) is 11.9. The molecular formula is C23H25N3O5. The molecule has 162 valence electrons. The number of benzene rings is 1. The number of aryl methyl sites for hydroxylation is 1. The maximum absolute atomic E-state index is 12.6. The van der Waals surface area contributed by atoms with Gasteiger partial charge in [0.1, 0.15) is 24.0 Å². The lowest BCUT2D eigenvalue weighted by atomic mass is 10.0. The molecule has 0 saturated heterocycles. The monoisotopic (exact) mass is 423 g/mol. The molecule has 8 heteroatoms. The van der Waals surface area contributed by atoms with Crippen LogP contribution in [-0.2, 0) is 20.9 Å². The molecule has 1 amide bonds. The van der Waals surface area contributed by atoms with E-state index in [1.54, 1.807) is 50.4 Å². The molecule has 0 aliphatic carbocycles. The van der Waals surface area contributed by atoms with Gasteiger partial charge in [0, 0.05) is 12.3 Å². The maximum Gasteiger partial charge on any atom is 0.329 e. The first kappa shape index (κ1) is 22.0. The zero-order valence-electron chi connectivity index (χ0n) is 17.7. The van der Waals surface area contributed by atoms with Gasteiger partial charge in [0.05, 0.1) is 5.69 Å². The molecule has 1 atom stereocenters. The quantitative estimate of drug-likeness (QED) is 0.558. The molecule has 8 nitrogen and oxygen atoms in total. The number of hydrogen-bond acceptors (Lipinski definition) is 6. The molecule has 31 heavy (non-hydrogen) atoms. The van der Waals surface area contributed by atoms with E-state index in [0.29, 0.717) is 17.1 Å². The van der Waals surface area contributed by atoms with Crippen molar-refractivity contribution >= 4 is 17.5 Å². The summed E-state index contributed by atoms with van der Waals surface area (Å²) in [5.41, 5.74) is 1.42. The van der Waals surface area contributed by atoms with Crippen LogP contribution in [0.1, 0.15) is 25.1 Å². The van der Waals surface area contributed by atoms with Crippen molar-refractivity contribution in [2.24, 2.45) is 5.92 Å². The van der Waals surface area contributed by atoms with Crippen LogP contribution in [0.25, 0.3) is 5.65 Å². The van der Waals surface area contributed by atoms with Gasteiger partial charge in [-0.25, -0.2) is 9.78 Å². The molecule has 0 unspecified atom stereocenters. The van der Waals surface area contributed by atoms with E-state index in [1.165, 1.54) is 10.5 Å². The minimum atomic E-state index is -0.852. The van der Waals surface area contributed by atoms with Crippen LogP contribution < -0.4 is 15.6 Å². The van der Waals surface area contributed by atoms with Gasteiger partial charge in [0.15, 0.2) is 6.61 Å². The number of aromatic nitrogens is 2. The Bertz CT molecular complexity index is 1130. The van der Waals surface area contributed by atoms with Crippen LogP contribution in [0.2, 0.25) is 0 Å². The summed E-state index contributed by atoms with van der Waals surface area (Å²) in [6.07, 6.45) is 1.63. The summed E-state index contributed by atoms with van der Waals surface area (Å²) in [4.78, 5) is 41.5. The first-order valence-electron chi connectivity index (χ1n) is 9.97. The zero-order valence-corrected chi connectivity index (χ0v) is 17.7. The molecule has 0 bridgehead atoms. The molecular weight excluding hydrogens is 398 g/mol. The van der Waals surface area contributed by atoms with Gasteiger partial charge in [-0.3, -0.25) is 14.0 Å². The number of esters is 1. The van der Waals surface area contributed by atoms with E-state index in [9.17, 15) is 14.4 Å². The lowest BCUT2D eigenvalue weighted by Gasteiger charge is -2.21. The maximum atomic E-state index is 12.6. The third kappa shape index (κ3) is 5.69. The number of ether oxygens (including phenoxy) is 2. The van der Waals surface area contributed by atoms with Crippen molar-refractivity contribution in [3.8, 4) is 5.75 Å². The van der Waals surface area contributed by atoms with E-state index in [0.717, 1.165) is 5.56 Å². The largest absolute Gasteiger partial charge is 0.484 e. The number of rotatable bonds is 8. The van der Waals surface area contributed by atoms with Gasteiger partial charge in [0.25, 0.3) is 11.5 Å². The summed E-state index contributed by atoms with van der Waals surface area (Å²) in [5.74, 6) is -0.678. The molecule has 0 aliphatic heterocycles. The van der Waals surface area contributed by atoms with E-state index in [-0.39, 0.29) is 24.7 Å².